The van der Waals surface area contributed by atoms with Crippen LogP contribution in [0.25, 0.3) is 0 Å². The molecule has 0 aliphatic heterocycles. The molecular weight excluding hydrogens is 202 g/mol. The number of carbonyl (C=O) groups is 1. The lowest BCUT2D eigenvalue weighted by Gasteiger charge is -2.05. The molecule has 0 aromatic heterocycles. The van der Waals surface area contributed by atoms with Gasteiger partial charge in [0.15, 0.2) is 0 Å². The van der Waals surface area contributed by atoms with Crippen molar-refractivity contribution in [1.82, 2.24) is 5.32 Å². The smallest absolute Gasteiger partial charge is 0.243 e. The fourth-order valence-electron chi connectivity index (χ4n) is 1.40. The molecule has 1 aromatic carbocycles. The molecule has 0 fully saturated rings. The van der Waals surface area contributed by atoms with Crippen LogP contribution in [0, 0.1) is 0 Å². The number of ether oxygens (including phenoxy) is 1. The van der Waals surface area contributed by atoms with E-state index in [0.717, 1.165) is 18.6 Å². The predicted octanol–water partition coefficient (Wildman–Crippen LogP) is 1.93. The van der Waals surface area contributed by atoms with Crippen LogP contribution in [0.2, 0.25) is 0 Å². The van der Waals surface area contributed by atoms with Crippen LogP contribution in [0.1, 0.15) is 12.0 Å². The van der Waals surface area contributed by atoms with E-state index < -0.39 is 0 Å². The van der Waals surface area contributed by atoms with Crippen LogP contribution in [-0.4, -0.2) is 19.6 Å². The molecule has 3 nitrogen and oxygen atoms in total. The first-order chi connectivity index (χ1) is 7.76. The van der Waals surface area contributed by atoms with Crippen LogP contribution in [-0.2, 0) is 11.2 Å². The minimum absolute atomic E-state index is 0.120. The molecule has 1 amide bonds. The van der Waals surface area contributed by atoms with Gasteiger partial charge >= 0.3 is 0 Å². The molecule has 16 heavy (non-hydrogen) atoms. The second-order valence-electron chi connectivity index (χ2n) is 3.45. The molecule has 0 saturated carbocycles. The molecule has 0 spiro atoms. The van der Waals surface area contributed by atoms with Gasteiger partial charge in [0.25, 0.3) is 0 Å². The standard InChI is InChI=1S/C13H17NO2/c1-3-13(15)14-9-5-7-11-6-4-8-12(10-11)16-2/h3-4,6,8,10H,1,5,7,9H2,2H3,(H,14,15). The van der Waals surface area contributed by atoms with Gasteiger partial charge in [-0.25, -0.2) is 0 Å². The van der Waals surface area contributed by atoms with Crippen LogP contribution in [0.4, 0.5) is 0 Å². The molecule has 1 aromatic rings. The van der Waals surface area contributed by atoms with Crippen LogP contribution < -0.4 is 10.1 Å². The summed E-state index contributed by atoms with van der Waals surface area (Å²) < 4.78 is 5.13. The summed E-state index contributed by atoms with van der Waals surface area (Å²) >= 11 is 0. The van der Waals surface area contributed by atoms with Crippen LogP contribution in [0.5, 0.6) is 5.75 Å². The second-order valence-corrected chi connectivity index (χ2v) is 3.45. The zero-order valence-corrected chi connectivity index (χ0v) is 9.53. The molecule has 1 rings (SSSR count). The summed E-state index contributed by atoms with van der Waals surface area (Å²) in [4.78, 5) is 10.9. The van der Waals surface area contributed by atoms with E-state index in [0.29, 0.717) is 6.54 Å². The van der Waals surface area contributed by atoms with Crippen LogP contribution in [0.15, 0.2) is 36.9 Å². The zero-order chi connectivity index (χ0) is 11.8. The van der Waals surface area contributed by atoms with Crippen molar-refractivity contribution in [3.8, 4) is 5.75 Å². The van der Waals surface area contributed by atoms with Crippen molar-refractivity contribution in [3.05, 3.63) is 42.5 Å². The fraction of sp³-hybridized carbons (Fsp3) is 0.308. The molecule has 0 aliphatic carbocycles. The Morgan fingerprint density at radius 2 is 2.38 bits per heavy atom. The van der Waals surface area contributed by atoms with Crippen molar-refractivity contribution in [1.29, 1.82) is 0 Å². The first-order valence-corrected chi connectivity index (χ1v) is 5.29. The summed E-state index contributed by atoms with van der Waals surface area (Å²) in [6.45, 7) is 4.06. The number of hydrogen-bond donors (Lipinski definition) is 1. The fourth-order valence-corrected chi connectivity index (χ4v) is 1.40. The first kappa shape index (κ1) is 12.3. The molecule has 0 radical (unpaired) electrons. The lowest BCUT2D eigenvalue weighted by atomic mass is 10.1. The summed E-state index contributed by atoms with van der Waals surface area (Å²) in [6, 6.07) is 7.95. The first-order valence-electron chi connectivity index (χ1n) is 5.29. The Morgan fingerprint density at radius 1 is 1.56 bits per heavy atom. The number of hydrogen-bond acceptors (Lipinski definition) is 2. The molecule has 1 N–H and O–H groups in total. The third-order valence-corrected chi connectivity index (χ3v) is 2.26. The number of benzene rings is 1. The van der Waals surface area contributed by atoms with Gasteiger partial charge in [0, 0.05) is 6.54 Å². The normalized spacial score (nSPS) is 9.56. The monoisotopic (exact) mass is 219 g/mol. The molecule has 0 saturated heterocycles. The summed E-state index contributed by atoms with van der Waals surface area (Å²) in [6.07, 6.45) is 3.12. The van der Waals surface area contributed by atoms with Crippen molar-refractivity contribution < 1.29 is 9.53 Å². The number of aryl methyl sites for hydroxylation is 1. The van der Waals surface area contributed by atoms with Gasteiger partial charge in [-0.2, -0.15) is 0 Å². The highest BCUT2D eigenvalue weighted by Crippen LogP contribution is 2.13. The Bertz CT molecular complexity index is 361. The summed E-state index contributed by atoms with van der Waals surface area (Å²) in [5.74, 6) is 0.748. The molecule has 0 heterocycles. The maximum absolute atomic E-state index is 10.9. The topological polar surface area (TPSA) is 38.3 Å². The second kappa shape index (κ2) is 6.67. The Hall–Kier alpha value is -1.77. The van der Waals surface area contributed by atoms with E-state index in [1.54, 1.807) is 7.11 Å². The van der Waals surface area contributed by atoms with Crippen molar-refractivity contribution >= 4 is 5.91 Å². The zero-order valence-electron chi connectivity index (χ0n) is 9.53. The summed E-state index contributed by atoms with van der Waals surface area (Å²) in [7, 11) is 1.66. The van der Waals surface area contributed by atoms with E-state index in [1.165, 1.54) is 11.6 Å². The minimum Gasteiger partial charge on any atom is -0.497 e. The summed E-state index contributed by atoms with van der Waals surface area (Å²) in [5.41, 5.74) is 1.22. The van der Waals surface area contributed by atoms with Gasteiger partial charge in [-0.15, -0.1) is 0 Å². The van der Waals surface area contributed by atoms with Crippen molar-refractivity contribution in [2.24, 2.45) is 0 Å². The average molecular weight is 219 g/mol. The molecule has 0 bridgehead atoms. The Morgan fingerprint density at radius 3 is 3.06 bits per heavy atom. The number of amides is 1. The third-order valence-electron chi connectivity index (χ3n) is 2.26. The molecule has 3 heteroatoms. The highest BCUT2D eigenvalue weighted by molar-refractivity contribution is 5.86. The van der Waals surface area contributed by atoms with Crippen LogP contribution in [0.3, 0.4) is 0 Å². The Labute approximate surface area is 96.1 Å². The molecule has 86 valence electrons. The van der Waals surface area contributed by atoms with Crippen molar-refractivity contribution in [2.75, 3.05) is 13.7 Å². The highest BCUT2D eigenvalue weighted by atomic mass is 16.5. The molecule has 0 atom stereocenters. The number of carbonyl (C=O) groups excluding carboxylic acids is 1. The largest absolute Gasteiger partial charge is 0.497 e. The quantitative estimate of drug-likeness (QED) is 0.586. The van der Waals surface area contributed by atoms with Gasteiger partial charge in [0.1, 0.15) is 5.75 Å². The molecule has 0 aliphatic rings. The van der Waals surface area contributed by atoms with Gasteiger partial charge in [-0.05, 0) is 36.6 Å². The molecule has 0 unspecified atom stereocenters. The third kappa shape index (κ3) is 4.17. The lowest BCUT2D eigenvalue weighted by molar-refractivity contribution is -0.116. The van der Waals surface area contributed by atoms with E-state index >= 15 is 0 Å². The van der Waals surface area contributed by atoms with Gasteiger partial charge in [0.05, 0.1) is 7.11 Å². The Kier molecular flexibility index (Phi) is 5.12. The average Bonchev–Trinajstić information content (AvgIpc) is 2.34. The van der Waals surface area contributed by atoms with E-state index in [9.17, 15) is 4.79 Å². The van der Waals surface area contributed by atoms with Gasteiger partial charge < -0.3 is 10.1 Å². The van der Waals surface area contributed by atoms with E-state index in [-0.39, 0.29) is 5.91 Å². The minimum atomic E-state index is -0.120. The van der Waals surface area contributed by atoms with E-state index in [1.807, 2.05) is 18.2 Å². The van der Waals surface area contributed by atoms with Crippen LogP contribution >= 0.6 is 0 Å². The summed E-state index contributed by atoms with van der Waals surface area (Å²) in [5, 5.41) is 2.74. The predicted molar refractivity (Wildman–Crippen MR) is 64.5 cm³/mol. The number of nitrogens with one attached hydrogen (secondary N) is 1. The maximum Gasteiger partial charge on any atom is 0.243 e. The van der Waals surface area contributed by atoms with Crippen molar-refractivity contribution in [2.45, 2.75) is 12.8 Å². The maximum atomic E-state index is 10.9. The van der Waals surface area contributed by atoms with Gasteiger partial charge in [-0.1, -0.05) is 18.7 Å². The van der Waals surface area contributed by atoms with Crippen molar-refractivity contribution in [3.63, 3.8) is 0 Å². The number of methoxy groups -OCH3 is 1. The number of rotatable bonds is 6. The molecular formula is C13H17NO2. The van der Waals surface area contributed by atoms with Gasteiger partial charge in [0.2, 0.25) is 5.91 Å². The van der Waals surface area contributed by atoms with E-state index in [4.69, 9.17) is 4.74 Å². The Balaban J connectivity index is 2.31. The van der Waals surface area contributed by atoms with E-state index in [2.05, 4.69) is 18.0 Å². The highest BCUT2D eigenvalue weighted by Gasteiger charge is 1.97. The van der Waals surface area contributed by atoms with Gasteiger partial charge in [-0.3, -0.25) is 4.79 Å². The lowest BCUT2D eigenvalue weighted by Crippen LogP contribution is -2.22. The SMILES string of the molecule is C=CC(=O)NCCCc1cccc(OC)c1.